The topological polar surface area (TPSA) is 58.6 Å². The van der Waals surface area contributed by atoms with Gasteiger partial charge in [-0.1, -0.05) is 24.3 Å². The van der Waals surface area contributed by atoms with E-state index in [2.05, 4.69) is 11.5 Å². The van der Waals surface area contributed by atoms with Crippen molar-refractivity contribution < 1.29 is 14.7 Å². The van der Waals surface area contributed by atoms with Crippen LogP contribution in [0.25, 0.3) is 5.70 Å². The number of carboxylic acids is 1. The molecule has 1 unspecified atom stereocenters. The number of fused-ring (bicyclic) bond motifs is 2. The van der Waals surface area contributed by atoms with Crippen molar-refractivity contribution in [3.8, 4) is 0 Å². The summed E-state index contributed by atoms with van der Waals surface area (Å²) in [4.78, 5) is 16.1. The third-order valence-electron chi connectivity index (χ3n) is 3.32. The number of nitrogens with one attached hydrogen (secondary N) is 1. The first-order valence-corrected chi connectivity index (χ1v) is 5.70. The Labute approximate surface area is 98.9 Å². The molecule has 0 radical (unpaired) electrons. The molecule has 0 bridgehead atoms. The Kier molecular flexibility index (Phi) is 2.37. The number of aryl methyl sites for hydroxylation is 1. The summed E-state index contributed by atoms with van der Waals surface area (Å²) in [7, 11) is 0. The summed E-state index contributed by atoms with van der Waals surface area (Å²) in [5.74, 6) is -0.829. The molecule has 3 rings (SSSR count). The lowest BCUT2D eigenvalue weighted by Crippen LogP contribution is -2.18. The average molecular weight is 231 g/mol. The number of carbonyl (C=O) groups is 1. The molecule has 2 N–H and O–H groups in total. The molecule has 0 fully saturated rings. The maximum Gasteiger partial charge on any atom is 0.306 e. The van der Waals surface area contributed by atoms with E-state index in [0.29, 0.717) is 0 Å². The summed E-state index contributed by atoms with van der Waals surface area (Å²) >= 11 is 0. The van der Waals surface area contributed by atoms with Crippen molar-refractivity contribution in [2.24, 2.45) is 0 Å². The highest BCUT2D eigenvalue weighted by Gasteiger charge is 2.32. The first-order valence-electron chi connectivity index (χ1n) is 5.70. The second kappa shape index (κ2) is 3.89. The Morgan fingerprint density at radius 1 is 1.41 bits per heavy atom. The van der Waals surface area contributed by atoms with Gasteiger partial charge in [-0.2, -0.15) is 0 Å². The first-order chi connectivity index (χ1) is 8.25. The van der Waals surface area contributed by atoms with Crippen molar-refractivity contribution in [2.45, 2.75) is 25.4 Å². The van der Waals surface area contributed by atoms with Crippen molar-refractivity contribution in [1.82, 2.24) is 5.48 Å². The monoisotopic (exact) mass is 231 g/mol. The maximum atomic E-state index is 10.7. The predicted molar refractivity (Wildman–Crippen MR) is 61.9 cm³/mol. The second-order valence-corrected chi connectivity index (χ2v) is 4.36. The highest BCUT2D eigenvalue weighted by atomic mass is 16.7. The summed E-state index contributed by atoms with van der Waals surface area (Å²) in [6.07, 6.45) is 1.53. The van der Waals surface area contributed by atoms with E-state index in [0.717, 1.165) is 29.7 Å². The summed E-state index contributed by atoms with van der Waals surface area (Å²) in [5.41, 5.74) is 7.38. The summed E-state index contributed by atoms with van der Waals surface area (Å²) in [5, 5.41) is 8.83. The van der Waals surface area contributed by atoms with Crippen LogP contribution >= 0.6 is 0 Å². The Balaban J connectivity index is 1.97. The molecule has 1 aromatic carbocycles. The standard InChI is InChI=1S/C13H13NO3/c15-12(16)7-11-10-6-5-8-3-1-2-4-9(8)13(10)14-17-11/h1-4,11,14H,5-7H2,(H,15,16). The van der Waals surface area contributed by atoms with Gasteiger partial charge in [-0.25, -0.2) is 0 Å². The van der Waals surface area contributed by atoms with E-state index >= 15 is 0 Å². The molecule has 0 saturated heterocycles. The van der Waals surface area contributed by atoms with Gasteiger partial charge < -0.3 is 5.11 Å². The fraction of sp³-hybridized carbons (Fsp3) is 0.308. The third kappa shape index (κ3) is 1.70. The lowest BCUT2D eigenvalue weighted by atomic mass is 9.87. The fourth-order valence-electron chi connectivity index (χ4n) is 2.52. The van der Waals surface area contributed by atoms with E-state index in [1.807, 2.05) is 18.2 Å². The molecule has 1 aliphatic heterocycles. The van der Waals surface area contributed by atoms with Gasteiger partial charge in [0.05, 0.1) is 12.1 Å². The normalized spacial score (nSPS) is 21.8. The van der Waals surface area contributed by atoms with Crippen molar-refractivity contribution in [2.75, 3.05) is 0 Å². The number of hydroxylamine groups is 1. The molecule has 1 aromatic rings. The highest BCUT2D eigenvalue weighted by Crippen LogP contribution is 2.36. The summed E-state index contributed by atoms with van der Waals surface area (Å²) < 4.78 is 0. The van der Waals surface area contributed by atoms with Gasteiger partial charge in [-0.15, -0.1) is 0 Å². The van der Waals surface area contributed by atoms with Crippen LogP contribution in [0.5, 0.6) is 0 Å². The van der Waals surface area contributed by atoms with Crippen molar-refractivity contribution in [3.63, 3.8) is 0 Å². The lowest BCUT2D eigenvalue weighted by Gasteiger charge is -2.18. The molecule has 88 valence electrons. The molecular weight excluding hydrogens is 218 g/mol. The van der Waals surface area contributed by atoms with Crippen LogP contribution in [0.2, 0.25) is 0 Å². The molecule has 4 heteroatoms. The van der Waals surface area contributed by atoms with Gasteiger partial charge in [0.15, 0.2) is 0 Å². The molecular formula is C13H13NO3. The molecule has 0 spiro atoms. The van der Waals surface area contributed by atoms with Gasteiger partial charge in [-0.05, 0) is 24.0 Å². The third-order valence-corrected chi connectivity index (χ3v) is 3.32. The van der Waals surface area contributed by atoms with Crippen LogP contribution in [-0.4, -0.2) is 17.2 Å². The van der Waals surface area contributed by atoms with E-state index in [1.165, 1.54) is 5.56 Å². The van der Waals surface area contributed by atoms with Crippen LogP contribution in [0.15, 0.2) is 29.8 Å². The Morgan fingerprint density at radius 2 is 2.24 bits per heavy atom. The van der Waals surface area contributed by atoms with Crippen LogP contribution in [-0.2, 0) is 16.1 Å². The summed E-state index contributed by atoms with van der Waals surface area (Å²) in [6.45, 7) is 0. The minimum absolute atomic E-state index is 0.0218. The van der Waals surface area contributed by atoms with Crippen molar-refractivity contribution >= 4 is 11.7 Å². The van der Waals surface area contributed by atoms with Gasteiger partial charge in [0.25, 0.3) is 0 Å². The van der Waals surface area contributed by atoms with Crippen LogP contribution in [0.3, 0.4) is 0 Å². The molecule has 0 amide bonds. The molecule has 1 atom stereocenters. The van der Waals surface area contributed by atoms with Crippen LogP contribution in [0.1, 0.15) is 24.0 Å². The van der Waals surface area contributed by atoms with E-state index in [1.54, 1.807) is 0 Å². The quantitative estimate of drug-likeness (QED) is 0.813. The van der Waals surface area contributed by atoms with E-state index in [9.17, 15) is 4.79 Å². The zero-order valence-corrected chi connectivity index (χ0v) is 9.27. The average Bonchev–Trinajstić information content (AvgIpc) is 2.72. The van der Waals surface area contributed by atoms with E-state index in [-0.39, 0.29) is 12.5 Å². The smallest absolute Gasteiger partial charge is 0.306 e. The zero-order valence-electron chi connectivity index (χ0n) is 9.27. The van der Waals surface area contributed by atoms with Gasteiger partial charge >= 0.3 is 5.97 Å². The van der Waals surface area contributed by atoms with E-state index < -0.39 is 5.97 Å². The van der Waals surface area contributed by atoms with Crippen LogP contribution < -0.4 is 5.48 Å². The summed E-state index contributed by atoms with van der Waals surface area (Å²) in [6, 6.07) is 8.16. The highest BCUT2D eigenvalue weighted by molar-refractivity contribution is 5.75. The van der Waals surface area contributed by atoms with Gasteiger partial charge in [0.1, 0.15) is 6.10 Å². The second-order valence-electron chi connectivity index (χ2n) is 4.36. The zero-order chi connectivity index (χ0) is 11.8. The SMILES string of the molecule is O=C(O)CC1ONC2=C1CCc1ccccc12. The minimum atomic E-state index is -0.829. The Hall–Kier alpha value is -1.81. The molecule has 4 nitrogen and oxygen atoms in total. The Morgan fingerprint density at radius 3 is 3.06 bits per heavy atom. The minimum Gasteiger partial charge on any atom is -0.481 e. The number of hydrogen-bond donors (Lipinski definition) is 2. The van der Waals surface area contributed by atoms with Crippen molar-refractivity contribution in [3.05, 3.63) is 41.0 Å². The van der Waals surface area contributed by atoms with Gasteiger partial charge in [0.2, 0.25) is 0 Å². The number of hydrogen-bond acceptors (Lipinski definition) is 3. The fourth-order valence-corrected chi connectivity index (χ4v) is 2.52. The van der Waals surface area contributed by atoms with Gasteiger partial charge in [-0.3, -0.25) is 15.1 Å². The number of carboxylic acid groups (broad SMARTS) is 1. The molecule has 1 aliphatic carbocycles. The number of rotatable bonds is 2. The molecule has 17 heavy (non-hydrogen) atoms. The maximum absolute atomic E-state index is 10.7. The molecule has 2 aliphatic rings. The van der Waals surface area contributed by atoms with Crippen molar-refractivity contribution in [1.29, 1.82) is 0 Å². The first kappa shape index (κ1) is 10.4. The number of benzene rings is 1. The van der Waals surface area contributed by atoms with E-state index in [4.69, 9.17) is 9.94 Å². The lowest BCUT2D eigenvalue weighted by molar-refractivity contribution is -0.139. The van der Waals surface area contributed by atoms with Crippen LogP contribution in [0.4, 0.5) is 0 Å². The Bertz CT molecular complexity index is 507. The van der Waals surface area contributed by atoms with Crippen LogP contribution in [0, 0.1) is 0 Å². The molecule has 0 aromatic heterocycles. The molecule has 1 heterocycles. The predicted octanol–water partition coefficient (Wildman–Crippen LogP) is 1.72. The van der Waals surface area contributed by atoms with Gasteiger partial charge in [0, 0.05) is 5.56 Å². The number of aliphatic carboxylic acids is 1. The molecule has 0 saturated carbocycles. The largest absolute Gasteiger partial charge is 0.481 e.